The van der Waals surface area contributed by atoms with Crippen molar-refractivity contribution in [1.82, 2.24) is 0 Å². The zero-order valence-corrected chi connectivity index (χ0v) is 11.1. The smallest absolute Gasteiger partial charge is 0.365 e. The Morgan fingerprint density at radius 1 is 1.22 bits per heavy atom. The zero-order chi connectivity index (χ0) is 14.1. The minimum Gasteiger partial charge on any atom is -0.504 e. The third-order valence-corrected chi connectivity index (χ3v) is 3.53. The third kappa shape index (κ3) is 2.56. The molecule has 3 N–H and O–H groups in total. The number of rotatable bonds is 4. The number of carbonyl (C=O) groups is 1. The summed E-state index contributed by atoms with van der Waals surface area (Å²) in [4.78, 5) is 11.5. The number of carboxylic acids is 1. The number of phenolic OH excluding ortho intramolecular Hbond substituents is 2. The Morgan fingerprint density at radius 2 is 1.78 bits per heavy atom. The second kappa shape index (κ2) is 4.49. The maximum atomic E-state index is 11.5. The van der Waals surface area contributed by atoms with E-state index < -0.39 is 11.5 Å². The van der Waals surface area contributed by atoms with Crippen molar-refractivity contribution in [3.63, 3.8) is 0 Å². The van der Waals surface area contributed by atoms with Crippen LogP contribution in [0.1, 0.15) is 12.5 Å². The zero-order valence-electron chi connectivity index (χ0n) is 11.1. The maximum absolute atomic E-state index is 11.5. The highest BCUT2D eigenvalue weighted by Crippen LogP contribution is 2.29. The molecule has 0 aromatic heterocycles. The lowest BCUT2D eigenvalue weighted by atomic mass is 9.89. The number of quaternary nitrogens is 1. The molecule has 5 nitrogen and oxygen atoms in total. The lowest BCUT2D eigenvalue weighted by Crippen LogP contribution is -2.61. The monoisotopic (exact) mass is 254 g/mol. The van der Waals surface area contributed by atoms with Gasteiger partial charge in [0.2, 0.25) is 0 Å². The van der Waals surface area contributed by atoms with Crippen molar-refractivity contribution in [3.8, 4) is 11.5 Å². The van der Waals surface area contributed by atoms with Crippen molar-refractivity contribution in [2.24, 2.45) is 0 Å². The molecular weight excluding hydrogens is 234 g/mol. The van der Waals surface area contributed by atoms with E-state index in [4.69, 9.17) is 0 Å². The molecule has 0 saturated carbocycles. The number of aromatic hydroxyl groups is 2. The summed E-state index contributed by atoms with van der Waals surface area (Å²) in [5.41, 5.74) is -0.341. The van der Waals surface area contributed by atoms with Gasteiger partial charge in [-0.3, -0.25) is 0 Å². The molecule has 0 radical (unpaired) electrons. The Hall–Kier alpha value is -1.75. The number of nitrogens with zero attached hydrogens (tertiary/aromatic N) is 1. The Morgan fingerprint density at radius 3 is 2.17 bits per heavy atom. The van der Waals surface area contributed by atoms with Crippen LogP contribution in [0, 0.1) is 0 Å². The number of carboxylic acid groups (broad SMARTS) is 1. The number of hydrogen-bond acceptors (Lipinski definition) is 3. The maximum Gasteiger partial charge on any atom is 0.365 e. The first-order chi connectivity index (χ1) is 8.08. The van der Waals surface area contributed by atoms with Crippen molar-refractivity contribution in [2.45, 2.75) is 18.9 Å². The fourth-order valence-electron chi connectivity index (χ4n) is 1.68. The molecule has 1 atom stereocenters. The highest BCUT2D eigenvalue weighted by molar-refractivity contribution is 5.77. The first-order valence-corrected chi connectivity index (χ1v) is 5.64. The van der Waals surface area contributed by atoms with Crippen LogP contribution in [-0.2, 0) is 11.2 Å². The topological polar surface area (TPSA) is 77.8 Å². The van der Waals surface area contributed by atoms with E-state index in [2.05, 4.69) is 0 Å². The molecule has 0 aliphatic rings. The van der Waals surface area contributed by atoms with Gasteiger partial charge in [-0.05, 0) is 17.7 Å². The standard InChI is InChI=1S/C13H19NO4/c1-13(12(17)18,14(2,3)4)8-9-5-6-10(15)11(16)7-9/h5-7H,8H2,1-4H3,(H2-,15,16,17,18)/p+1. The second-order valence-electron chi connectivity index (χ2n) is 5.59. The number of aliphatic carboxylic acids is 1. The third-order valence-electron chi connectivity index (χ3n) is 3.53. The van der Waals surface area contributed by atoms with Gasteiger partial charge in [-0.2, -0.15) is 0 Å². The number of likely N-dealkylation sites (N-methyl/N-ethyl adjacent to an activating group) is 1. The van der Waals surface area contributed by atoms with Gasteiger partial charge in [-0.1, -0.05) is 6.07 Å². The quantitative estimate of drug-likeness (QED) is 0.557. The van der Waals surface area contributed by atoms with Gasteiger partial charge in [0.1, 0.15) is 0 Å². The number of hydrogen-bond donors (Lipinski definition) is 3. The minimum absolute atomic E-state index is 0.207. The summed E-state index contributed by atoms with van der Waals surface area (Å²) < 4.78 is 0.254. The van der Waals surface area contributed by atoms with E-state index in [9.17, 15) is 20.1 Å². The fraction of sp³-hybridized carbons (Fsp3) is 0.462. The van der Waals surface area contributed by atoms with Crippen molar-refractivity contribution in [2.75, 3.05) is 21.1 Å². The average molecular weight is 254 g/mol. The Labute approximate surface area is 107 Å². The summed E-state index contributed by atoms with van der Waals surface area (Å²) in [7, 11) is 5.44. The van der Waals surface area contributed by atoms with Gasteiger partial charge in [0, 0.05) is 13.3 Å². The van der Waals surface area contributed by atoms with Crippen LogP contribution in [0.25, 0.3) is 0 Å². The number of phenols is 2. The highest BCUT2D eigenvalue weighted by atomic mass is 16.4. The van der Waals surface area contributed by atoms with Crippen LogP contribution in [0.5, 0.6) is 11.5 Å². The summed E-state index contributed by atoms with van der Waals surface area (Å²) in [5.74, 6) is -1.34. The minimum atomic E-state index is -1.01. The van der Waals surface area contributed by atoms with Crippen molar-refractivity contribution >= 4 is 5.97 Å². The molecule has 0 aliphatic heterocycles. The molecule has 0 saturated heterocycles. The van der Waals surface area contributed by atoms with Gasteiger partial charge < -0.3 is 19.8 Å². The van der Waals surface area contributed by atoms with Gasteiger partial charge in [0.05, 0.1) is 21.1 Å². The molecule has 1 unspecified atom stereocenters. The predicted octanol–water partition coefficient (Wildman–Crippen LogP) is 1.19. The van der Waals surface area contributed by atoms with Crippen LogP contribution in [0.2, 0.25) is 0 Å². The molecule has 0 aliphatic carbocycles. The first-order valence-electron chi connectivity index (χ1n) is 5.64. The van der Waals surface area contributed by atoms with Crippen LogP contribution in [-0.4, -0.2) is 52.5 Å². The predicted molar refractivity (Wildman–Crippen MR) is 67.5 cm³/mol. The van der Waals surface area contributed by atoms with Gasteiger partial charge in [0.25, 0.3) is 0 Å². The summed E-state index contributed by atoms with van der Waals surface area (Å²) >= 11 is 0. The molecule has 0 spiro atoms. The fourth-order valence-corrected chi connectivity index (χ4v) is 1.68. The van der Waals surface area contributed by atoms with E-state index >= 15 is 0 Å². The van der Waals surface area contributed by atoms with Gasteiger partial charge in [-0.25, -0.2) is 4.79 Å². The molecule has 100 valence electrons. The molecule has 1 aromatic rings. The van der Waals surface area contributed by atoms with E-state index in [1.165, 1.54) is 12.1 Å². The van der Waals surface area contributed by atoms with Crippen LogP contribution in [0.15, 0.2) is 18.2 Å². The molecule has 0 fully saturated rings. The summed E-state index contributed by atoms with van der Waals surface area (Å²) in [6, 6.07) is 4.38. The molecule has 1 rings (SSSR count). The largest absolute Gasteiger partial charge is 0.504 e. The summed E-state index contributed by atoms with van der Waals surface area (Å²) in [5, 5.41) is 28.1. The molecular formula is C13H20NO4+. The Bertz CT molecular complexity index is 465. The SMILES string of the molecule is CC(Cc1ccc(O)c(O)c1)(C(=O)O)[N+](C)(C)C. The molecule has 18 heavy (non-hydrogen) atoms. The summed E-state index contributed by atoms with van der Waals surface area (Å²) in [6.07, 6.45) is 0.264. The van der Waals surface area contributed by atoms with E-state index in [1.54, 1.807) is 13.0 Å². The van der Waals surface area contributed by atoms with E-state index in [-0.39, 0.29) is 22.4 Å². The van der Waals surface area contributed by atoms with E-state index in [0.717, 1.165) is 0 Å². The van der Waals surface area contributed by atoms with Crippen LogP contribution >= 0.6 is 0 Å². The Kier molecular flexibility index (Phi) is 3.57. The van der Waals surface area contributed by atoms with E-state index in [0.29, 0.717) is 5.56 Å². The molecule has 0 bridgehead atoms. The lowest BCUT2D eigenvalue weighted by Gasteiger charge is -2.40. The van der Waals surface area contributed by atoms with Crippen molar-refractivity contribution < 1.29 is 24.6 Å². The van der Waals surface area contributed by atoms with Crippen LogP contribution < -0.4 is 0 Å². The average Bonchev–Trinajstić information content (AvgIpc) is 2.21. The molecule has 0 amide bonds. The van der Waals surface area contributed by atoms with Crippen LogP contribution in [0.3, 0.4) is 0 Å². The molecule has 5 heteroatoms. The highest BCUT2D eigenvalue weighted by Gasteiger charge is 2.46. The Balaban J connectivity index is 3.12. The van der Waals surface area contributed by atoms with Crippen LogP contribution in [0.4, 0.5) is 0 Å². The van der Waals surface area contributed by atoms with E-state index in [1.807, 2.05) is 21.1 Å². The first kappa shape index (κ1) is 14.3. The van der Waals surface area contributed by atoms with Gasteiger partial charge in [-0.15, -0.1) is 0 Å². The normalized spacial score (nSPS) is 15.1. The lowest BCUT2D eigenvalue weighted by molar-refractivity contribution is -0.911. The van der Waals surface area contributed by atoms with Gasteiger partial charge in [0.15, 0.2) is 17.0 Å². The number of benzene rings is 1. The van der Waals surface area contributed by atoms with Gasteiger partial charge >= 0.3 is 5.97 Å². The van der Waals surface area contributed by atoms with Crippen molar-refractivity contribution in [1.29, 1.82) is 0 Å². The second-order valence-corrected chi connectivity index (χ2v) is 5.59. The molecule has 1 aromatic carbocycles. The molecule has 0 heterocycles. The van der Waals surface area contributed by atoms with Crippen molar-refractivity contribution in [3.05, 3.63) is 23.8 Å². The summed E-state index contributed by atoms with van der Waals surface area (Å²) in [6.45, 7) is 1.67.